The summed E-state index contributed by atoms with van der Waals surface area (Å²) in [5, 5.41) is 3.11. The molecule has 1 N–H and O–H groups in total. The summed E-state index contributed by atoms with van der Waals surface area (Å²) in [6.07, 6.45) is 5.14. The van der Waals surface area contributed by atoms with Crippen molar-refractivity contribution in [2.75, 3.05) is 68.0 Å². The number of hydrogen-bond donors (Lipinski definition) is 1. The van der Waals surface area contributed by atoms with Crippen LogP contribution in [0.5, 0.6) is 0 Å². The third kappa shape index (κ3) is 7.34. The number of rotatable bonds is 9. The average Bonchev–Trinajstić information content (AvgIpc) is 3.31. The molecule has 1 aromatic heterocycles. The van der Waals surface area contributed by atoms with Crippen molar-refractivity contribution >= 4 is 36.9 Å². The van der Waals surface area contributed by atoms with E-state index in [0.717, 1.165) is 69.5 Å². The summed E-state index contributed by atoms with van der Waals surface area (Å²) in [7, 11) is 0.947. The Hall–Kier alpha value is -2.87. The topological polar surface area (TPSA) is 70.2 Å². The SMILES string of the molecule is [C-]#[N+]c1cn(COCC[Si](C)(C)C)c(C(=O)Nc2ccc(N3CCN(C)CC3)cc2N2CCCCC2)n1. The van der Waals surface area contributed by atoms with Crippen LogP contribution < -0.4 is 15.1 Å². The van der Waals surface area contributed by atoms with Gasteiger partial charge in [-0.2, -0.15) is 0 Å². The number of anilines is 3. The minimum absolute atomic E-state index is 0.195. The number of piperidine rings is 1. The van der Waals surface area contributed by atoms with E-state index in [4.69, 9.17) is 11.3 Å². The molecule has 0 radical (unpaired) electrons. The molecule has 0 unspecified atom stereocenters. The Bertz CT molecular complexity index is 1110. The summed E-state index contributed by atoms with van der Waals surface area (Å²) in [5.41, 5.74) is 3.03. The molecule has 2 fully saturated rings. The Morgan fingerprint density at radius 3 is 2.49 bits per heavy atom. The fourth-order valence-corrected chi connectivity index (χ4v) is 5.50. The molecule has 0 atom stereocenters. The van der Waals surface area contributed by atoms with Crippen LogP contribution in [0, 0.1) is 6.57 Å². The van der Waals surface area contributed by atoms with Crippen LogP contribution in [0.1, 0.15) is 29.9 Å². The Labute approximate surface area is 222 Å². The van der Waals surface area contributed by atoms with E-state index in [0.29, 0.717) is 6.61 Å². The number of carbonyl (C=O) groups is 1. The number of ether oxygens (including phenoxy) is 1. The molecule has 1 aromatic carbocycles. The molecule has 2 aliphatic heterocycles. The molecule has 10 heteroatoms. The Balaban J connectivity index is 1.53. The van der Waals surface area contributed by atoms with Crippen molar-refractivity contribution in [1.29, 1.82) is 0 Å². The molecule has 200 valence electrons. The zero-order valence-corrected chi connectivity index (χ0v) is 23.8. The standard InChI is InChI=1S/C27H41N7O2Si/c1-28-25-20-34(21-36-17-18-37(3,4)5)26(30-25)27(35)29-23-10-9-22(32-15-13-31(2)14-16-32)19-24(23)33-11-7-6-8-12-33/h9-10,19-20H,6-8,11-18,21H2,2-5H3,(H,29,35). The van der Waals surface area contributed by atoms with Gasteiger partial charge in [0.15, 0.2) is 0 Å². The van der Waals surface area contributed by atoms with Crippen LogP contribution in [-0.2, 0) is 11.5 Å². The lowest BCUT2D eigenvalue weighted by molar-refractivity contribution is 0.0809. The largest absolute Gasteiger partial charge is 0.370 e. The minimum Gasteiger partial charge on any atom is -0.370 e. The maximum atomic E-state index is 13.4. The summed E-state index contributed by atoms with van der Waals surface area (Å²) >= 11 is 0. The van der Waals surface area contributed by atoms with Crippen LogP contribution in [0.2, 0.25) is 25.7 Å². The highest BCUT2D eigenvalue weighted by Gasteiger charge is 2.24. The highest BCUT2D eigenvalue weighted by Crippen LogP contribution is 2.34. The lowest BCUT2D eigenvalue weighted by atomic mass is 10.1. The molecule has 0 saturated carbocycles. The van der Waals surface area contributed by atoms with Crippen molar-refractivity contribution in [3.05, 3.63) is 41.6 Å². The van der Waals surface area contributed by atoms with Crippen LogP contribution in [0.15, 0.2) is 24.4 Å². The number of nitrogens with zero attached hydrogens (tertiary/aromatic N) is 6. The van der Waals surface area contributed by atoms with Gasteiger partial charge in [-0.25, -0.2) is 0 Å². The Morgan fingerprint density at radius 2 is 1.81 bits per heavy atom. The molecule has 2 saturated heterocycles. The number of benzene rings is 1. The second kappa shape index (κ2) is 12.1. The van der Waals surface area contributed by atoms with Gasteiger partial charge >= 0.3 is 5.91 Å². The van der Waals surface area contributed by atoms with Gasteiger partial charge in [0.05, 0.1) is 11.4 Å². The maximum Gasteiger partial charge on any atom is 0.316 e. The summed E-state index contributed by atoms with van der Waals surface area (Å²) in [5.74, 6) is 0.0710. The molecule has 0 bridgehead atoms. The van der Waals surface area contributed by atoms with Gasteiger partial charge < -0.3 is 29.6 Å². The number of likely N-dealkylation sites (N-methyl/N-ethyl adjacent to an activating group) is 1. The monoisotopic (exact) mass is 523 g/mol. The van der Waals surface area contributed by atoms with Gasteiger partial charge in [-0.05, 0) is 50.6 Å². The van der Waals surface area contributed by atoms with Crippen molar-refractivity contribution in [1.82, 2.24) is 14.5 Å². The molecule has 4 rings (SSSR count). The number of hydrogen-bond acceptors (Lipinski definition) is 6. The van der Waals surface area contributed by atoms with E-state index in [1.165, 1.54) is 12.1 Å². The van der Waals surface area contributed by atoms with E-state index in [-0.39, 0.29) is 24.3 Å². The maximum absolute atomic E-state index is 13.4. The highest BCUT2D eigenvalue weighted by atomic mass is 28.3. The normalized spacial score (nSPS) is 17.1. The predicted molar refractivity (Wildman–Crippen MR) is 153 cm³/mol. The second-order valence-corrected chi connectivity index (χ2v) is 17.0. The average molecular weight is 524 g/mol. The lowest BCUT2D eigenvalue weighted by Crippen LogP contribution is -2.44. The molecule has 1 amide bonds. The molecule has 2 aromatic rings. The van der Waals surface area contributed by atoms with E-state index in [2.05, 4.69) is 68.7 Å². The summed E-state index contributed by atoms with van der Waals surface area (Å²) in [4.78, 5) is 28.3. The molecule has 37 heavy (non-hydrogen) atoms. The van der Waals surface area contributed by atoms with Gasteiger partial charge in [-0.1, -0.05) is 31.2 Å². The Kier molecular flexibility index (Phi) is 8.90. The minimum atomic E-state index is -1.22. The highest BCUT2D eigenvalue weighted by molar-refractivity contribution is 6.76. The molecule has 0 spiro atoms. The van der Waals surface area contributed by atoms with Crippen molar-refractivity contribution in [2.45, 2.75) is 51.7 Å². The van der Waals surface area contributed by atoms with Crippen molar-refractivity contribution in [3.63, 3.8) is 0 Å². The molecular formula is C27H41N7O2Si. The van der Waals surface area contributed by atoms with Gasteiger partial charge in [0, 0.05) is 65.8 Å². The molecule has 2 aliphatic rings. The number of nitrogens with one attached hydrogen (secondary N) is 1. The first-order chi connectivity index (χ1) is 17.7. The quantitative estimate of drug-likeness (QED) is 0.291. The molecule has 0 aliphatic carbocycles. The van der Waals surface area contributed by atoms with Crippen molar-refractivity contribution in [2.24, 2.45) is 0 Å². The fraction of sp³-hybridized carbons (Fsp3) is 0.593. The number of amides is 1. The van der Waals surface area contributed by atoms with Crippen LogP contribution in [-0.4, -0.2) is 81.4 Å². The molecule has 3 heterocycles. The predicted octanol–water partition coefficient (Wildman–Crippen LogP) is 4.74. The zero-order chi connectivity index (χ0) is 26.4. The van der Waals surface area contributed by atoms with E-state index >= 15 is 0 Å². The van der Waals surface area contributed by atoms with Crippen LogP contribution in [0.25, 0.3) is 4.85 Å². The first kappa shape index (κ1) is 27.2. The number of imidazole rings is 1. The smallest absolute Gasteiger partial charge is 0.316 e. The summed E-state index contributed by atoms with van der Waals surface area (Å²) in [6, 6.07) is 7.38. The van der Waals surface area contributed by atoms with Gasteiger partial charge in [0.2, 0.25) is 0 Å². The first-order valence-electron chi connectivity index (χ1n) is 13.4. The van der Waals surface area contributed by atoms with E-state index in [1.807, 2.05) is 6.07 Å². The van der Waals surface area contributed by atoms with E-state index in [9.17, 15) is 4.79 Å². The number of aromatic nitrogens is 2. The van der Waals surface area contributed by atoms with Crippen LogP contribution in [0.4, 0.5) is 22.9 Å². The van der Waals surface area contributed by atoms with Crippen LogP contribution in [0.3, 0.4) is 0 Å². The summed E-state index contributed by atoms with van der Waals surface area (Å²) < 4.78 is 7.51. The summed E-state index contributed by atoms with van der Waals surface area (Å²) in [6.45, 7) is 21.2. The lowest BCUT2D eigenvalue weighted by Gasteiger charge is -2.36. The number of carbonyl (C=O) groups excluding carboxylic acids is 1. The van der Waals surface area contributed by atoms with Gasteiger partial charge in [0.1, 0.15) is 6.73 Å². The van der Waals surface area contributed by atoms with Crippen molar-refractivity contribution in [3.8, 4) is 0 Å². The van der Waals surface area contributed by atoms with E-state index < -0.39 is 8.07 Å². The van der Waals surface area contributed by atoms with Crippen molar-refractivity contribution < 1.29 is 9.53 Å². The molecular weight excluding hydrogens is 482 g/mol. The number of piperazine rings is 1. The van der Waals surface area contributed by atoms with E-state index in [1.54, 1.807) is 10.8 Å². The van der Waals surface area contributed by atoms with Crippen LogP contribution >= 0.6 is 0 Å². The fourth-order valence-electron chi connectivity index (χ4n) is 4.74. The Morgan fingerprint density at radius 1 is 1.08 bits per heavy atom. The third-order valence-electron chi connectivity index (χ3n) is 7.10. The third-order valence-corrected chi connectivity index (χ3v) is 8.81. The first-order valence-corrected chi connectivity index (χ1v) is 17.1. The van der Waals surface area contributed by atoms with Gasteiger partial charge in [-0.15, -0.1) is 0 Å². The van der Waals surface area contributed by atoms with Gasteiger partial charge in [-0.3, -0.25) is 9.36 Å². The van der Waals surface area contributed by atoms with Gasteiger partial charge in [0.25, 0.3) is 11.6 Å². The second-order valence-electron chi connectivity index (χ2n) is 11.3. The molecule has 9 nitrogen and oxygen atoms in total. The zero-order valence-electron chi connectivity index (χ0n) is 22.8.